The molecule has 1 aromatic rings. The van der Waals surface area contributed by atoms with Gasteiger partial charge in [-0.15, -0.1) is 0 Å². The lowest BCUT2D eigenvalue weighted by molar-refractivity contribution is 0.310. The van der Waals surface area contributed by atoms with E-state index in [1.165, 1.54) is 35.6 Å². The minimum absolute atomic E-state index is 0.0823. The summed E-state index contributed by atoms with van der Waals surface area (Å²) in [6, 6.07) is 1.50. The number of anilines is 1. The van der Waals surface area contributed by atoms with Gasteiger partial charge in [0.1, 0.15) is 4.90 Å². The van der Waals surface area contributed by atoms with Crippen molar-refractivity contribution in [1.29, 1.82) is 0 Å². The Balaban J connectivity index is 2.04. The highest BCUT2D eigenvalue weighted by Crippen LogP contribution is 2.19. The highest BCUT2D eigenvalue weighted by Gasteiger charge is 2.24. The second kappa shape index (κ2) is 5.85. The molecule has 7 heteroatoms. The van der Waals surface area contributed by atoms with Gasteiger partial charge in [0.25, 0.3) is 0 Å². The van der Waals surface area contributed by atoms with Gasteiger partial charge >= 0.3 is 0 Å². The summed E-state index contributed by atoms with van der Waals surface area (Å²) in [4.78, 5) is 6.19. The number of rotatable bonds is 5. The molecule has 1 fully saturated rings. The molecule has 0 aliphatic carbocycles. The van der Waals surface area contributed by atoms with E-state index in [1.807, 2.05) is 0 Å². The molecule has 1 saturated heterocycles. The van der Waals surface area contributed by atoms with Gasteiger partial charge in [0.05, 0.1) is 5.69 Å². The van der Waals surface area contributed by atoms with E-state index in [9.17, 15) is 8.42 Å². The Bertz CT molecular complexity index is 526. The Morgan fingerprint density at radius 3 is 2.74 bits per heavy atom. The predicted octanol–water partition coefficient (Wildman–Crippen LogP) is 0.380. The van der Waals surface area contributed by atoms with Crippen molar-refractivity contribution in [2.75, 3.05) is 39.0 Å². The van der Waals surface area contributed by atoms with Crippen molar-refractivity contribution >= 4 is 15.7 Å². The zero-order valence-electron chi connectivity index (χ0n) is 11.1. The Hall–Kier alpha value is -1.18. The molecule has 106 valence electrons. The highest BCUT2D eigenvalue weighted by atomic mass is 32.2. The Morgan fingerprint density at radius 2 is 2.11 bits per heavy atom. The van der Waals surface area contributed by atoms with E-state index in [0.717, 1.165) is 19.6 Å². The maximum Gasteiger partial charge on any atom is 0.246 e. The van der Waals surface area contributed by atoms with E-state index in [-0.39, 0.29) is 10.6 Å². The molecule has 1 aromatic heterocycles. The van der Waals surface area contributed by atoms with Crippen LogP contribution in [-0.2, 0) is 10.0 Å². The van der Waals surface area contributed by atoms with Gasteiger partial charge in [0.2, 0.25) is 10.0 Å². The van der Waals surface area contributed by atoms with Crippen molar-refractivity contribution in [3.8, 4) is 0 Å². The Labute approximate surface area is 114 Å². The first-order valence-electron chi connectivity index (χ1n) is 6.40. The lowest BCUT2D eigenvalue weighted by atomic mass is 10.4. The predicted molar refractivity (Wildman–Crippen MR) is 74.1 cm³/mol. The summed E-state index contributed by atoms with van der Waals surface area (Å²) in [5, 5.41) is 0. The standard InChI is InChI=1S/C12H20N4O2S/c1-15(8-9-16-6-2-3-7-16)19(17,18)12-10-14-5-4-11(12)13/h4-5,10H,2-3,6-9H2,1H3,(H2,13,14). The molecule has 6 nitrogen and oxygen atoms in total. The SMILES string of the molecule is CN(CCN1CCCC1)S(=O)(=O)c1cnccc1N. The lowest BCUT2D eigenvalue weighted by Gasteiger charge is -2.21. The smallest absolute Gasteiger partial charge is 0.246 e. The topological polar surface area (TPSA) is 79.5 Å². The zero-order chi connectivity index (χ0) is 13.9. The lowest BCUT2D eigenvalue weighted by Crippen LogP contribution is -2.35. The minimum atomic E-state index is -3.54. The molecule has 0 unspecified atom stereocenters. The van der Waals surface area contributed by atoms with Crippen molar-refractivity contribution in [3.05, 3.63) is 18.5 Å². The van der Waals surface area contributed by atoms with Crippen LogP contribution in [0.5, 0.6) is 0 Å². The normalized spacial score (nSPS) is 17.2. The average molecular weight is 284 g/mol. The van der Waals surface area contributed by atoms with E-state index in [4.69, 9.17) is 5.73 Å². The summed E-state index contributed by atoms with van der Waals surface area (Å²) in [6.07, 6.45) is 5.19. The quantitative estimate of drug-likeness (QED) is 0.845. The van der Waals surface area contributed by atoms with E-state index >= 15 is 0 Å². The first-order chi connectivity index (χ1) is 9.01. The molecule has 0 saturated carbocycles. The van der Waals surface area contributed by atoms with Crippen LogP contribution in [0.25, 0.3) is 0 Å². The van der Waals surface area contributed by atoms with Crippen molar-refractivity contribution in [1.82, 2.24) is 14.2 Å². The fourth-order valence-electron chi connectivity index (χ4n) is 2.18. The third kappa shape index (κ3) is 3.23. The molecule has 2 N–H and O–H groups in total. The molecule has 0 aromatic carbocycles. The molecular weight excluding hydrogens is 264 g/mol. The van der Waals surface area contributed by atoms with Crippen molar-refractivity contribution in [2.45, 2.75) is 17.7 Å². The summed E-state index contributed by atoms with van der Waals surface area (Å²) in [7, 11) is -1.96. The molecule has 0 radical (unpaired) electrons. The van der Waals surface area contributed by atoms with E-state index < -0.39 is 10.0 Å². The molecule has 1 aliphatic rings. The van der Waals surface area contributed by atoms with Crippen molar-refractivity contribution in [3.63, 3.8) is 0 Å². The van der Waals surface area contributed by atoms with Crippen LogP contribution < -0.4 is 5.73 Å². The molecule has 2 heterocycles. The monoisotopic (exact) mass is 284 g/mol. The number of hydrogen-bond acceptors (Lipinski definition) is 5. The molecule has 19 heavy (non-hydrogen) atoms. The van der Waals surface area contributed by atoms with Gasteiger partial charge in [0, 0.05) is 32.5 Å². The number of nitrogens with two attached hydrogens (primary N) is 1. The molecule has 2 rings (SSSR count). The number of pyridine rings is 1. The van der Waals surface area contributed by atoms with Gasteiger partial charge in [-0.2, -0.15) is 4.31 Å². The number of sulfonamides is 1. The van der Waals surface area contributed by atoms with Crippen LogP contribution in [0, 0.1) is 0 Å². The van der Waals surface area contributed by atoms with Gasteiger partial charge in [-0.05, 0) is 32.0 Å². The van der Waals surface area contributed by atoms with Crippen LogP contribution in [0.3, 0.4) is 0 Å². The van der Waals surface area contributed by atoms with E-state index in [0.29, 0.717) is 6.54 Å². The Kier molecular flexibility index (Phi) is 4.38. The summed E-state index contributed by atoms with van der Waals surface area (Å²) in [6.45, 7) is 3.35. The van der Waals surface area contributed by atoms with Crippen LogP contribution in [0.2, 0.25) is 0 Å². The molecular formula is C12H20N4O2S. The number of likely N-dealkylation sites (tertiary alicyclic amines) is 1. The summed E-state index contributed by atoms with van der Waals surface area (Å²) in [5.41, 5.74) is 5.95. The fraction of sp³-hybridized carbons (Fsp3) is 0.583. The Morgan fingerprint density at radius 1 is 1.42 bits per heavy atom. The molecule has 0 spiro atoms. The molecule has 0 atom stereocenters. The van der Waals surface area contributed by atoms with Gasteiger partial charge in [-0.3, -0.25) is 4.98 Å². The van der Waals surface area contributed by atoms with Gasteiger partial charge < -0.3 is 10.6 Å². The second-order valence-corrected chi connectivity index (χ2v) is 6.80. The third-order valence-corrected chi connectivity index (χ3v) is 5.33. The zero-order valence-corrected chi connectivity index (χ0v) is 11.9. The summed E-state index contributed by atoms with van der Waals surface area (Å²) < 4.78 is 26.0. The number of likely N-dealkylation sites (N-methyl/N-ethyl adjacent to an activating group) is 1. The first kappa shape index (κ1) is 14.2. The molecule has 1 aliphatic heterocycles. The highest BCUT2D eigenvalue weighted by molar-refractivity contribution is 7.89. The molecule has 0 bridgehead atoms. The van der Waals surface area contributed by atoms with Gasteiger partial charge in [-0.1, -0.05) is 0 Å². The number of nitrogen functional groups attached to an aromatic ring is 1. The summed E-state index contributed by atoms with van der Waals surface area (Å²) >= 11 is 0. The van der Waals surface area contributed by atoms with Gasteiger partial charge in [0.15, 0.2) is 0 Å². The minimum Gasteiger partial charge on any atom is -0.398 e. The van der Waals surface area contributed by atoms with E-state index in [1.54, 1.807) is 7.05 Å². The average Bonchev–Trinajstić information content (AvgIpc) is 2.89. The van der Waals surface area contributed by atoms with E-state index in [2.05, 4.69) is 9.88 Å². The number of hydrogen-bond donors (Lipinski definition) is 1. The maximum absolute atomic E-state index is 12.3. The van der Waals surface area contributed by atoms with Crippen molar-refractivity contribution < 1.29 is 8.42 Å². The van der Waals surface area contributed by atoms with Gasteiger partial charge in [-0.25, -0.2) is 8.42 Å². The number of nitrogens with zero attached hydrogens (tertiary/aromatic N) is 3. The largest absolute Gasteiger partial charge is 0.398 e. The second-order valence-electron chi connectivity index (χ2n) is 4.79. The van der Waals surface area contributed by atoms with Crippen LogP contribution in [0.1, 0.15) is 12.8 Å². The number of aromatic nitrogens is 1. The first-order valence-corrected chi connectivity index (χ1v) is 7.84. The molecule has 0 amide bonds. The van der Waals surface area contributed by atoms with Crippen LogP contribution >= 0.6 is 0 Å². The fourth-order valence-corrected chi connectivity index (χ4v) is 3.40. The van der Waals surface area contributed by atoms with Crippen LogP contribution in [0.4, 0.5) is 5.69 Å². The maximum atomic E-state index is 12.3. The summed E-state index contributed by atoms with van der Waals surface area (Å²) in [5.74, 6) is 0. The van der Waals surface area contributed by atoms with Crippen LogP contribution in [0.15, 0.2) is 23.4 Å². The third-order valence-electron chi connectivity index (χ3n) is 3.43. The van der Waals surface area contributed by atoms with Crippen molar-refractivity contribution in [2.24, 2.45) is 0 Å². The van der Waals surface area contributed by atoms with Crippen LogP contribution in [-0.4, -0.2) is 55.8 Å².